The molecular formula is C10H17NO. The predicted octanol–water partition coefficient (Wildman–Crippen LogP) is 2.17. The number of likely N-dealkylation sites (tertiary alicyclic amines) is 1. The Balaban J connectivity index is 2.72. The Kier molecular flexibility index (Phi) is 2.55. The quantitative estimate of drug-likeness (QED) is 0.586. The normalized spacial score (nSPS) is 23.5. The minimum absolute atomic E-state index is 0.218. The lowest BCUT2D eigenvalue weighted by molar-refractivity contribution is -0.128. The van der Waals surface area contributed by atoms with Crippen LogP contribution in [0.25, 0.3) is 0 Å². The lowest BCUT2D eigenvalue weighted by Gasteiger charge is -2.26. The molecule has 0 saturated carbocycles. The molecule has 0 spiro atoms. The molecule has 1 aliphatic rings. The molecule has 0 N–H and O–H groups in total. The van der Waals surface area contributed by atoms with Gasteiger partial charge in [-0.25, -0.2) is 0 Å². The van der Waals surface area contributed by atoms with E-state index in [4.69, 9.17) is 0 Å². The van der Waals surface area contributed by atoms with Gasteiger partial charge in [-0.1, -0.05) is 20.4 Å². The molecule has 0 unspecified atom stereocenters. The predicted molar refractivity (Wildman–Crippen MR) is 49.5 cm³/mol. The molecule has 1 fully saturated rings. The molecule has 1 heterocycles. The molecule has 0 atom stereocenters. The van der Waals surface area contributed by atoms with Crippen molar-refractivity contribution in [2.75, 3.05) is 6.54 Å². The maximum absolute atomic E-state index is 11.4. The van der Waals surface area contributed by atoms with Crippen LogP contribution in [0.1, 0.15) is 33.1 Å². The molecule has 0 radical (unpaired) electrons. The van der Waals surface area contributed by atoms with Crippen LogP contribution in [0, 0.1) is 5.41 Å². The molecular weight excluding hydrogens is 150 g/mol. The average molecular weight is 167 g/mol. The molecule has 0 aliphatic carbocycles. The second-order valence-corrected chi connectivity index (χ2v) is 4.22. The summed E-state index contributed by atoms with van der Waals surface area (Å²) >= 11 is 0. The van der Waals surface area contributed by atoms with Crippen LogP contribution in [0.5, 0.6) is 0 Å². The summed E-state index contributed by atoms with van der Waals surface area (Å²) < 4.78 is 0. The van der Waals surface area contributed by atoms with Crippen molar-refractivity contribution in [3.63, 3.8) is 0 Å². The van der Waals surface area contributed by atoms with Crippen molar-refractivity contribution in [3.8, 4) is 0 Å². The summed E-state index contributed by atoms with van der Waals surface area (Å²) in [6.45, 7) is 8.85. The molecule has 1 aliphatic heterocycles. The van der Waals surface area contributed by atoms with Gasteiger partial charge in [0, 0.05) is 13.0 Å². The zero-order valence-electron chi connectivity index (χ0n) is 7.97. The minimum Gasteiger partial charge on any atom is -0.319 e. The summed E-state index contributed by atoms with van der Waals surface area (Å²) in [6.07, 6.45) is 4.46. The van der Waals surface area contributed by atoms with Crippen molar-refractivity contribution in [1.82, 2.24) is 4.90 Å². The second kappa shape index (κ2) is 3.30. The average Bonchev–Trinajstić information content (AvgIpc) is 2.10. The van der Waals surface area contributed by atoms with E-state index in [9.17, 15) is 4.79 Å². The molecule has 1 rings (SSSR count). The van der Waals surface area contributed by atoms with Crippen molar-refractivity contribution < 1.29 is 4.79 Å². The summed E-state index contributed by atoms with van der Waals surface area (Å²) in [4.78, 5) is 13.1. The fraction of sp³-hybridized carbons (Fsp3) is 0.700. The van der Waals surface area contributed by atoms with Gasteiger partial charge in [0.2, 0.25) is 5.91 Å². The third kappa shape index (κ3) is 2.10. The van der Waals surface area contributed by atoms with Crippen LogP contribution < -0.4 is 0 Å². The summed E-state index contributed by atoms with van der Waals surface area (Å²) in [5.74, 6) is 0.218. The van der Waals surface area contributed by atoms with E-state index in [1.165, 1.54) is 0 Å². The van der Waals surface area contributed by atoms with Crippen LogP contribution in [0.4, 0.5) is 0 Å². The standard InChI is InChI=1S/C10H17NO/c1-4-11-8-10(2,3)7-5-6-9(11)12/h4H,1,5-8H2,2-3H3. The van der Waals surface area contributed by atoms with E-state index in [2.05, 4.69) is 20.4 Å². The second-order valence-electron chi connectivity index (χ2n) is 4.22. The number of amides is 1. The molecule has 68 valence electrons. The molecule has 1 saturated heterocycles. The maximum Gasteiger partial charge on any atom is 0.226 e. The zero-order chi connectivity index (χ0) is 9.19. The Morgan fingerprint density at radius 1 is 1.58 bits per heavy atom. The van der Waals surface area contributed by atoms with Gasteiger partial charge in [-0.15, -0.1) is 0 Å². The molecule has 2 nitrogen and oxygen atoms in total. The largest absolute Gasteiger partial charge is 0.319 e. The van der Waals surface area contributed by atoms with E-state index in [1.807, 2.05) is 0 Å². The minimum atomic E-state index is 0.218. The van der Waals surface area contributed by atoms with Gasteiger partial charge in [-0.2, -0.15) is 0 Å². The van der Waals surface area contributed by atoms with Crippen LogP contribution in [-0.2, 0) is 4.79 Å². The Bertz CT molecular complexity index is 196. The first-order chi connectivity index (χ1) is 5.55. The third-order valence-electron chi connectivity index (χ3n) is 2.38. The summed E-state index contributed by atoms with van der Waals surface area (Å²) in [5, 5.41) is 0. The zero-order valence-corrected chi connectivity index (χ0v) is 7.97. The van der Waals surface area contributed by atoms with Gasteiger partial charge >= 0.3 is 0 Å². The van der Waals surface area contributed by atoms with Crippen LogP contribution >= 0.6 is 0 Å². The Labute approximate surface area is 74.2 Å². The van der Waals surface area contributed by atoms with Gasteiger partial charge < -0.3 is 4.90 Å². The van der Waals surface area contributed by atoms with E-state index in [0.29, 0.717) is 6.42 Å². The van der Waals surface area contributed by atoms with Gasteiger partial charge in [0.25, 0.3) is 0 Å². The number of hydrogen-bond donors (Lipinski definition) is 0. The number of carbonyl (C=O) groups excluding carboxylic acids is 1. The van der Waals surface area contributed by atoms with Gasteiger partial charge in [-0.05, 0) is 24.5 Å². The smallest absolute Gasteiger partial charge is 0.226 e. The summed E-state index contributed by atoms with van der Waals surface area (Å²) in [5.41, 5.74) is 0.250. The van der Waals surface area contributed by atoms with Crippen LogP contribution in [0.3, 0.4) is 0 Å². The van der Waals surface area contributed by atoms with Crippen LogP contribution in [0.2, 0.25) is 0 Å². The molecule has 0 aromatic carbocycles. The van der Waals surface area contributed by atoms with Gasteiger partial charge in [-0.3, -0.25) is 4.79 Å². The topological polar surface area (TPSA) is 20.3 Å². The number of hydrogen-bond acceptors (Lipinski definition) is 1. The lowest BCUT2D eigenvalue weighted by Crippen LogP contribution is -2.31. The first kappa shape index (κ1) is 9.30. The molecule has 1 amide bonds. The Morgan fingerprint density at radius 3 is 2.83 bits per heavy atom. The number of carbonyl (C=O) groups is 1. The molecule has 2 heteroatoms. The summed E-state index contributed by atoms with van der Waals surface area (Å²) in [7, 11) is 0. The van der Waals surface area contributed by atoms with E-state index >= 15 is 0 Å². The van der Waals surface area contributed by atoms with Crippen molar-refractivity contribution in [2.24, 2.45) is 5.41 Å². The van der Waals surface area contributed by atoms with Gasteiger partial charge in [0.05, 0.1) is 0 Å². The molecule has 0 aromatic heterocycles. The van der Waals surface area contributed by atoms with Crippen molar-refractivity contribution in [2.45, 2.75) is 33.1 Å². The fourth-order valence-corrected chi connectivity index (χ4v) is 1.66. The highest BCUT2D eigenvalue weighted by Gasteiger charge is 2.26. The molecule has 12 heavy (non-hydrogen) atoms. The van der Waals surface area contributed by atoms with Crippen LogP contribution in [0.15, 0.2) is 12.8 Å². The highest BCUT2D eigenvalue weighted by molar-refractivity contribution is 5.77. The summed E-state index contributed by atoms with van der Waals surface area (Å²) in [6, 6.07) is 0. The Morgan fingerprint density at radius 2 is 2.25 bits per heavy atom. The SMILES string of the molecule is C=CN1CC(C)(C)CCCC1=O. The highest BCUT2D eigenvalue weighted by Crippen LogP contribution is 2.28. The van der Waals surface area contributed by atoms with E-state index in [0.717, 1.165) is 19.4 Å². The number of rotatable bonds is 1. The Hall–Kier alpha value is -0.790. The van der Waals surface area contributed by atoms with Crippen molar-refractivity contribution in [1.29, 1.82) is 0 Å². The van der Waals surface area contributed by atoms with Gasteiger partial charge in [0.15, 0.2) is 0 Å². The van der Waals surface area contributed by atoms with E-state index < -0.39 is 0 Å². The first-order valence-electron chi connectivity index (χ1n) is 4.47. The van der Waals surface area contributed by atoms with Crippen molar-refractivity contribution in [3.05, 3.63) is 12.8 Å². The van der Waals surface area contributed by atoms with Gasteiger partial charge in [0.1, 0.15) is 0 Å². The third-order valence-corrected chi connectivity index (χ3v) is 2.38. The van der Waals surface area contributed by atoms with E-state index in [1.54, 1.807) is 11.1 Å². The number of nitrogens with zero attached hydrogens (tertiary/aromatic N) is 1. The monoisotopic (exact) mass is 167 g/mol. The molecule has 0 aromatic rings. The van der Waals surface area contributed by atoms with Crippen LogP contribution in [-0.4, -0.2) is 17.4 Å². The lowest BCUT2D eigenvalue weighted by atomic mass is 9.88. The van der Waals surface area contributed by atoms with Crippen molar-refractivity contribution >= 4 is 5.91 Å². The first-order valence-corrected chi connectivity index (χ1v) is 4.47. The van der Waals surface area contributed by atoms with E-state index in [-0.39, 0.29) is 11.3 Å². The maximum atomic E-state index is 11.4. The fourth-order valence-electron chi connectivity index (χ4n) is 1.66. The molecule has 0 bridgehead atoms. The highest BCUT2D eigenvalue weighted by atomic mass is 16.2.